The average molecular weight is 282 g/mol. The highest BCUT2D eigenvalue weighted by atomic mass is 16.4. The molecule has 0 radical (unpaired) electrons. The van der Waals surface area contributed by atoms with E-state index in [4.69, 9.17) is 0 Å². The van der Waals surface area contributed by atoms with Gasteiger partial charge >= 0.3 is 5.97 Å². The first-order valence-electron chi connectivity index (χ1n) is 7.69. The highest BCUT2D eigenvalue weighted by molar-refractivity contribution is 5.81. The first-order chi connectivity index (χ1) is 9.46. The van der Waals surface area contributed by atoms with Crippen LogP contribution in [0.1, 0.15) is 51.9 Å². The van der Waals surface area contributed by atoms with Crippen LogP contribution in [0, 0.1) is 5.92 Å². The monoisotopic (exact) mass is 282 g/mol. The van der Waals surface area contributed by atoms with Gasteiger partial charge < -0.3 is 15.3 Å². The summed E-state index contributed by atoms with van der Waals surface area (Å²) in [6, 6.07) is 0.190. The van der Waals surface area contributed by atoms with Crippen molar-refractivity contribution in [3.63, 3.8) is 0 Å². The quantitative estimate of drug-likeness (QED) is 0.822. The number of amides is 1. The Morgan fingerprint density at radius 3 is 2.45 bits per heavy atom. The van der Waals surface area contributed by atoms with Gasteiger partial charge in [-0.3, -0.25) is 9.59 Å². The fourth-order valence-electron chi connectivity index (χ4n) is 3.80. The van der Waals surface area contributed by atoms with Crippen LogP contribution in [0.5, 0.6) is 0 Å². The first-order valence-corrected chi connectivity index (χ1v) is 7.69. The van der Waals surface area contributed by atoms with Crippen LogP contribution < -0.4 is 5.32 Å². The van der Waals surface area contributed by atoms with E-state index in [1.807, 2.05) is 14.0 Å². The third-order valence-electron chi connectivity index (χ3n) is 5.15. The standard InChI is InChI=1S/C15H26N2O3/c1-11-12(6-9-16-11)14(20)17(2)15(10-13(18)19)7-4-3-5-8-15/h11-12,16H,3-10H2,1-2H3,(H,18,19). The van der Waals surface area contributed by atoms with E-state index in [1.54, 1.807) is 4.90 Å². The molecule has 1 aliphatic heterocycles. The maximum Gasteiger partial charge on any atom is 0.305 e. The van der Waals surface area contributed by atoms with Crippen LogP contribution in [0.15, 0.2) is 0 Å². The Hall–Kier alpha value is -1.10. The Morgan fingerprint density at radius 1 is 1.30 bits per heavy atom. The van der Waals surface area contributed by atoms with Crippen molar-refractivity contribution in [3.8, 4) is 0 Å². The normalized spacial score (nSPS) is 29.1. The van der Waals surface area contributed by atoms with Gasteiger partial charge in [-0.2, -0.15) is 0 Å². The summed E-state index contributed by atoms with van der Waals surface area (Å²) in [6.45, 7) is 2.91. The minimum absolute atomic E-state index is 0.00686. The number of carbonyl (C=O) groups excluding carboxylic acids is 1. The van der Waals surface area contributed by atoms with Gasteiger partial charge in [-0.1, -0.05) is 19.3 Å². The van der Waals surface area contributed by atoms with Crippen molar-refractivity contribution in [2.75, 3.05) is 13.6 Å². The Balaban J connectivity index is 2.15. The minimum Gasteiger partial charge on any atom is -0.481 e. The van der Waals surface area contributed by atoms with Gasteiger partial charge in [0.15, 0.2) is 0 Å². The van der Waals surface area contributed by atoms with Gasteiger partial charge in [0.05, 0.1) is 17.9 Å². The predicted octanol–water partition coefficient (Wildman–Crippen LogP) is 1.62. The van der Waals surface area contributed by atoms with Crippen LogP contribution in [-0.2, 0) is 9.59 Å². The van der Waals surface area contributed by atoms with E-state index in [-0.39, 0.29) is 24.3 Å². The molecule has 5 heteroatoms. The molecule has 2 rings (SSSR count). The summed E-state index contributed by atoms with van der Waals surface area (Å²) in [5, 5.41) is 12.5. The second kappa shape index (κ2) is 6.12. The number of hydrogen-bond donors (Lipinski definition) is 2. The second-order valence-electron chi connectivity index (χ2n) is 6.39. The molecule has 0 aromatic rings. The van der Waals surface area contributed by atoms with Gasteiger partial charge in [-0.25, -0.2) is 0 Å². The topological polar surface area (TPSA) is 69.6 Å². The first kappa shape index (κ1) is 15.3. The molecule has 1 amide bonds. The van der Waals surface area contributed by atoms with Crippen molar-refractivity contribution < 1.29 is 14.7 Å². The Labute approximate surface area is 120 Å². The summed E-state index contributed by atoms with van der Waals surface area (Å²) in [4.78, 5) is 25.7. The molecule has 2 N–H and O–H groups in total. The number of rotatable bonds is 4. The molecule has 0 aromatic carbocycles. The third kappa shape index (κ3) is 2.97. The molecular weight excluding hydrogens is 256 g/mol. The van der Waals surface area contributed by atoms with Crippen molar-refractivity contribution in [3.05, 3.63) is 0 Å². The number of carbonyl (C=O) groups is 2. The molecule has 1 saturated carbocycles. The van der Waals surface area contributed by atoms with E-state index in [1.165, 1.54) is 0 Å². The van der Waals surface area contributed by atoms with Crippen molar-refractivity contribution in [1.29, 1.82) is 0 Å². The van der Waals surface area contributed by atoms with E-state index >= 15 is 0 Å². The number of nitrogens with zero attached hydrogens (tertiary/aromatic N) is 1. The van der Waals surface area contributed by atoms with Gasteiger partial charge in [-0.05, 0) is 32.7 Å². The van der Waals surface area contributed by atoms with Gasteiger partial charge in [0.1, 0.15) is 0 Å². The molecule has 2 atom stereocenters. The molecule has 2 unspecified atom stereocenters. The summed E-state index contributed by atoms with van der Waals surface area (Å²) in [7, 11) is 1.81. The highest BCUT2D eigenvalue weighted by Crippen LogP contribution is 2.37. The number of hydrogen-bond acceptors (Lipinski definition) is 3. The van der Waals surface area contributed by atoms with Gasteiger partial charge in [0.25, 0.3) is 0 Å². The lowest BCUT2D eigenvalue weighted by molar-refractivity contribution is -0.148. The summed E-state index contributed by atoms with van der Waals surface area (Å²) >= 11 is 0. The molecule has 20 heavy (non-hydrogen) atoms. The van der Waals surface area contributed by atoms with Crippen molar-refractivity contribution >= 4 is 11.9 Å². The lowest BCUT2D eigenvalue weighted by Crippen LogP contribution is -2.54. The Bertz CT molecular complexity index is 377. The zero-order chi connectivity index (χ0) is 14.8. The summed E-state index contributed by atoms with van der Waals surface area (Å²) in [6.07, 6.45) is 5.74. The van der Waals surface area contributed by atoms with E-state index < -0.39 is 11.5 Å². The lowest BCUT2D eigenvalue weighted by Gasteiger charge is -2.45. The van der Waals surface area contributed by atoms with Crippen LogP contribution in [0.3, 0.4) is 0 Å². The molecule has 114 valence electrons. The fraction of sp³-hybridized carbons (Fsp3) is 0.867. The number of carboxylic acid groups (broad SMARTS) is 1. The number of aliphatic carboxylic acids is 1. The molecular formula is C15H26N2O3. The van der Waals surface area contributed by atoms with Gasteiger partial charge in [-0.15, -0.1) is 0 Å². The Kier molecular flexibility index (Phi) is 4.68. The van der Waals surface area contributed by atoms with Gasteiger partial charge in [0, 0.05) is 13.1 Å². The lowest BCUT2D eigenvalue weighted by atomic mass is 9.77. The second-order valence-corrected chi connectivity index (χ2v) is 6.39. The van der Waals surface area contributed by atoms with Gasteiger partial charge in [0.2, 0.25) is 5.91 Å². The summed E-state index contributed by atoms with van der Waals surface area (Å²) in [5.41, 5.74) is -0.469. The zero-order valence-electron chi connectivity index (χ0n) is 12.5. The number of nitrogens with one attached hydrogen (secondary N) is 1. The summed E-state index contributed by atoms with van der Waals surface area (Å²) < 4.78 is 0. The van der Waals surface area contributed by atoms with Crippen molar-refractivity contribution in [2.24, 2.45) is 5.92 Å². The van der Waals surface area contributed by atoms with E-state index in [0.717, 1.165) is 45.1 Å². The van der Waals surface area contributed by atoms with Crippen LogP contribution in [0.25, 0.3) is 0 Å². The van der Waals surface area contributed by atoms with Crippen molar-refractivity contribution in [2.45, 2.75) is 63.5 Å². The van der Waals surface area contributed by atoms with E-state index in [2.05, 4.69) is 5.32 Å². The van der Waals surface area contributed by atoms with Crippen LogP contribution in [0.4, 0.5) is 0 Å². The largest absolute Gasteiger partial charge is 0.481 e. The molecule has 2 aliphatic rings. The van der Waals surface area contributed by atoms with Crippen LogP contribution in [0.2, 0.25) is 0 Å². The SMILES string of the molecule is CC1NCCC1C(=O)N(C)C1(CC(=O)O)CCCCC1. The summed E-state index contributed by atoms with van der Waals surface area (Å²) in [5.74, 6) is -0.692. The molecule has 0 bridgehead atoms. The Morgan fingerprint density at radius 2 is 1.95 bits per heavy atom. The fourth-order valence-corrected chi connectivity index (χ4v) is 3.80. The van der Waals surface area contributed by atoms with Crippen LogP contribution >= 0.6 is 0 Å². The molecule has 1 heterocycles. The smallest absolute Gasteiger partial charge is 0.305 e. The van der Waals surface area contributed by atoms with Crippen LogP contribution in [-0.4, -0.2) is 47.1 Å². The molecule has 0 spiro atoms. The average Bonchev–Trinajstić information content (AvgIpc) is 2.83. The molecule has 2 fully saturated rings. The molecule has 1 saturated heterocycles. The van der Waals surface area contributed by atoms with Crippen molar-refractivity contribution in [1.82, 2.24) is 10.2 Å². The maximum atomic E-state index is 12.7. The minimum atomic E-state index is -0.802. The molecule has 5 nitrogen and oxygen atoms in total. The zero-order valence-corrected chi connectivity index (χ0v) is 12.5. The third-order valence-corrected chi connectivity index (χ3v) is 5.15. The molecule has 0 aromatic heterocycles. The van der Waals surface area contributed by atoms with E-state index in [0.29, 0.717) is 0 Å². The predicted molar refractivity (Wildman–Crippen MR) is 76.4 cm³/mol. The van der Waals surface area contributed by atoms with E-state index in [9.17, 15) is 14.7 Å². The number of carboxylic acids is 1. The highest BCUT2D eigenvalue weighted by Gasteiger charge is 2.43. The maximum absolute atomic E-state index is 12.7. The molecule has 1 aliphatic carbocycles.